The zero-order valence-electron chi connectivity index (χ0n) is 9.85. The summed E-state index contributed by atoms with van der Waals surface area (Å²) in [5, 5.41) is 11.7. The molecule has 1 aromatic heterocycles. The second kappa shape index (κ2) is 5.37. The fraction of sp³-hybridized carbons (Fsp3) is 0.333. The van der Waals surface area contributed by atoms with E-state index in [1.165, 1.54) is 0 Å². The van der Waals surface area contributed by atoms with Crippen LogP contribution in [0.25, 0.3) is 10.8 Å². The number of piperazine rings is 1. The van der Waals surface area contributed by atoms with Crippen molar-refractivity contribution in [2.24, 2.45) is 0 Å². The van der Waals surface area contributed by atoms with E-state index in [9.17, 15) is 4.79 Å². The molecule has 1 aliphatic heterocycles. The lowest BCUT2D eigenvalue weighted by Crippen LogP contribution is -2.44. The Labute approximate surface area is 111 Å². The number of hydrogen-bond donors (Lipinski definition) is 2. The Kier molecular flexibility index (Phi) is 3.84. The highest BCUT2D eigenvalue weighted by Crippen LogP contribution is 2.21. The number of H-pyrrole nitrogens is 1. The topological polar surface area (TPSA) is 61.0 Å². The predicted molar refractivity (Wildman–Crippen MR) is 74.7 cm³/mol. The second-order valence-electron chi connectivity index (χ2n) is 4.16. The number of aromatic nitrogens is 2. The Morgan fingerprint density at radius 2 is 1.78 bits per heavy atom. The van der Waals surface area contributed by atoms with Gasteiger partial charge in [0.05, 0.1) is 5.39 Å². The molecule has 1 aromatic carbocycles. The summed E-state index contributed by atoms with van der Waals surface area (Å²) in [7, 11) is 0. The van der Waals surface area contributed by atoms with Gasteiger partial charge in [-0.05, 0) is 6.07 Å². The SMILES string of the molecule is Cl.O=c1[nH]nc(N2CCNCC2)c2ccccc12. The first-order valence-electron chi connectivity index (χ1n) is 5.79. The standard InChI is InChI=1S/C12H14N4O.ClH/c17-12-10-4-2-1-3-9(10)11(14-15-12)16-7-5-13-6-8-16;/h1-4,13H,5-8H2,(H,15,17);1H. The minimum Gasteiger partial charge on any atom is -0.352 e. The highest BCUT2D eigenvalue weighted by molar-refractivity contribution is 5.91. The van der Waals surface area contributed by atoms with Gasteiger partial charge >= 0.3 is 0 Å². The minimum atomic E-state index is -0.125. The molecule has 0 aliphatic carbocycles. The third-order valence-corrected chi connectivity index (χ3v) is 3.09. The van der Waals surface area contributed by atoms with Crippen molar-refractivity contribution in [1.29, 1.82) is 0 Å². The van der Waals surface area contributed by atoms with Crippen molar-refractivity contribution in [1.82, 2.24) is 15.5 Å². The molecule has 1 aliphatic rings. The lowest BCUT2D eigenvalue weighted by Gasteiger charge is -2.28. The van der Waals surface area contributed by atoms with Crippen molar-refractivity contribution in [3.63, 3.8) is 0 Å². The molecule has 0 bridgehead atoms. The van der Waals surface area contributed by atoms with Crippen LogP contribution >= 0.6 is 12.4 Å². The molecule has 3 rings (SSSR count). The summed E-state index contributed by atoms with van der Waals surface area (Å²) in [5.41, 5.74) is -0.125. The van der Waals surface area contributed by atoms with Crippen LogP contribution in [0.3, 0.4) is 0 Å². The van der Waals surface area contributed by atoms with Crippen molar-refractivity contribution in [3.8, 4) is 0 Å². The average Bonchev–Trinajstić information content (AvgIpc) is 2.41. The molecule has 0 saturated carbocycles. The summed E-state index contributed by atoms with van der Waals surface area (Å²) < 4.78 is 0. The summed E-state index contributed by atoms with van der Waals surface area (Å²) in [4.78, 5) is 13.9. The number of anilines is 1. The fourth-order valence-corrected chi connectivity index (χ4v) is 2.22. The molecule has 1 fully saturated rings. The number of hydrogen-bond acceptors (Lipinski definition) is 4. The van der Waals surface area contributed by atoms with Crippen molar-refractivity contribution in [2.45, 2.75) is 0 Å². The third-order valence-electron chi connectivity index (χ3n) is 3.09. The summed E-state index contributed by atoms with van der Waals surface area (Å²) in [6.07, 6.45) is 0. The maximum absolute atomic E-state index is 11.7. The van der Waals surface area contributed by atoms with E-state index < -0.39 is 0 Å². The number of fused-ring (bicyclic) bond motifs is 1. The van der Waals surface area contributed by atoms with Gasteiger partial charge in [-0.25, -0.2) is 5.10 Å². The molecule has 5 nitrogen and oxygen atoms in total. The van der Waals surface area contributed by atoms with Gasteiger partial charge in [-0.15, -0.1) is 12.4 Å². The summed E-state index contributed by atoms with van der Waals surface area (Å²) in [6.45, 7) is 3.75. The first kappa shape index (κ1) is 12.9. The van der Waals surface area contributed by atoms with Crippen LogP contribution in [0, 0.1) is 0 Å². The van der Waals surface area contributed by atoms with Gasteiger partial charge in [-0.3, -0.25) is 4.79 Å². The van der Waals surface area contributed by atoms with Gasteiger partial charge in [-0.2, -0.15) is 5.10 Å². The molecule has 2 heterocycles. The number of halogens is 1. The summed E-state index contributed by atoms with van der Waals surface area (Å²) >= 11 is 0. The molecule has 2 N–H and O–H groups in total. The van der Waals surface area contributed by atoms with E-state index in [-0.39, 0.29) is 18.0 Å². The Morgan fingerprint density at radius 3 is 2.50 bits per heavy atom. The third kappa shape index (κ3) is 2.19. The van der Waals surface area contributed by atoms with Crippen LogP contribution in [0.15, 0.2) is 29.1 Å². The van der Waals surface area contributed by atoms with Gasteiger partial charge in [0.2, 0.25) is 0 Å². The van der Waals surface area contributed by atoms with E-state index in [0.29, 0.717) is 5.39 Å². The van der Waals surface area contributed by atoms with Gasteiger partial charge in [0.1, 0.15) is 0 Å². The van der Waals surface area contributed by atoms with Crippen LogP contribution < -0.4 is 15.8 Å². The number of aromatic amines is 1. The van der Waals surface area contributed by atoms with Crippen LogP contribution in [-0.4, -0.2) is 36.4 Å². The molecular weight excluding hydrogens is 252 g/mol. The van der Waals surface area contributed by atoms with Crippen LogP contribution in [0.5, 0.6) is 0 Å². The molecule has 0 atom stereocenters. The molecular formula is C12H15ClN4O. The predicted octanol–water partition coefficient (Wildman–Crippen LogP) is 0.754. The van der Waals surface area contributed by atoms with Gasteiger partial charge in [-0.1, -0.05) is 18.2 Å². The molecule has 6 heteroatoms. The van der Waals surface area contributed by atoms with Crippen LogP contribution in [0.2, 0.25) is 0 Å². The molecule has 0 spiro atoms. The van der Waals surface area contributed by atoms with E-state index in [1.54, 1.807) is 0 Å². The largest absolute Gasteiger partial charge is 0.352 e. The zero-order valence-corrected chi connectivity index (χ0v) is 10.7. The van der Waals surface area contributed by atoms with Crippen molar-refractivity contribution >= 4 is 29.0 Å². The van der Waals surface area contributed by atoms with E-state index >= 15 is 0 Å². The first-order valence-corrected chi connectivity index (χ1v) is 5.79. The van der Waals surface area contributed by atoms with Crippen molar-refractivity contribution in [2.75, 3.05) is 31.1 Å². The lowest BCUT2D eigenvalue weighted by molar-refractivity contribution is 0.584. The summed E-state index contributed by atoms with van der Waals surface area (Å²) in [6, 6.07) is 7.60. The lowest BCUT2D eigenvalue weighted by atomic mass is 10.1. The molecule has 0 unspecified atom stereocenters. The Hall–Kier alpha value is -1.59. The van der Waals surface area contributed by atoms with Gasteiger partial charge < -0.3 is 10.2 Å². The maximum Gasteiger partial charge on any atom is 0.272 e. The average molecular weight is 267 g/mol. The highest BCUT2D eigenvalue weighted by Gasteiger charge is 2.15. The quantitative estimate of drug-likeness (QED) is 0.800. The fourth-order valence-electron chi connectivity index (χ4n) is 2.22. The molecule has 1 saturated heterocycles. The number of nitrogens with zero attached hydrogens (tertiary/aromatic N) is 2. The van der Waals surface area contributed by atoms with E-state index in [2.05, 4.69) is 20.4 Å². The van der Waals surface area contributed by atoms with Gasteiger partial charge in [0.25, 0.3) is 5.56 Å². The zero-order chi connectivity index (χ0) is 11.7. The molecule has 0 amide bonds. The molecule has 0 radical (unpaired) electrons. The van der Waals surface area contributed by atoms with Gasteiger partial charge in [0, 0.05) is 31.6 Å². The normalized spacial score (nSPS) is 15.4. The first-order chi connectivity index (χ1) is 8.36. The second-order valence-corrected chi connectivity index (χ2v) is 4.16. The molecule has 18 heavy (non-hydrogen) atoms. The smallest absolute Gasteiger partial charge is 0.272 e. The molecule has 96 valence electrons. The number of nitrogens with one attached hydrogen (secondary N) is 2. The summed E-state index contributed by atoms with van der Waals surface area (Å²) in [5.74, 6) is 0.877. The maximum atomic E-state index is 11.7. The Bertz CT molecular complexity index is 592. The van der Waals surface area contributed by atoms with Crippen LogP contribution in [0.1, 0.15) is 0 Å². The van der Waals surface area contributed by atoms with E-state index in [1.807, 2.05) is 24.3 Å². The highest BCUT2D eigenvalue weighted by atomic mass is 35.5. The van der Waals surface area contributed by atoms with E-state index in [4.69, 9.17) is 0 Å². The Morgan fingerprint density at radius 1 is 1.11 bits per heavy atom. The number of rotatable bonds is 1. The Balaban J connectivity index is 0.00000120. The van der Waals surface area contributed by atoms with Crippen molar-refractivity contribution < 1.29 is 0 Å². The van der Waals surface area contributed by atoms with Crippen molar-refractivity contribution in [3.05, 3.63) is 34.6 Å². The van der Waals surface area contributed by atoms with Crippen LogP contribution in [0.4, 0.5) is 5.82 Å². The monoisotopic (exact) mass is 266 g/mol. The van der Waals surface area contributed by atoms with E-state index in [0.717, 1.165) is 37.4 Å². The van der Waals surface area contributed by atoms with Gasteiger partial charge in [0.15, 0.2) is 5.82 Å². The minimum absolute atomic E-state index is 0. The number of benzene rings is 1. The van der Waals surface area contributed by atoms with Crippen LogP contribution in [-0.2, 0) is 0 Å². The molecule has 2 aromatic rings.